The van der Waals surface area contributed by atoms with Crippen LogP contribution >= 0.6 is 11.6 Å². The summed E-state index contributed by atoms with van der Waals surface area (Å²) in [5.41, 5.74) is 0. The number of hydrogen-bond donors (Lipinski definition) is 1. The normalized spacial score (nSPS) is 23.9. The van der Waals surface area contributed by atoms with Crippen LogP contribution in [0, 0.1) is 0 Å². The molecule has 0 aromatic carbocycles. The number of amides is 1. The average molecular weight is 221 g/mol. The number of carbonyl (C=O) groups excluding carboxylic acids is 1. The first-order chi connectivity index (χ1) is 6.69. The molecule has 82 valence electrons. The summed E-state index contributed by atoms with van der Waals surface area (Å²) < 4.78 is 0. The molecule has 1 saturated heterocycles. The fourth-order valence-corrected chi connectivity index (χ4v) is 1.94. The molecule has 0 aromatic heterocycles. The summed E-state index contributed by atoms with van der Waals surface area (Å²) in [5.74, 6) is 0.0642. The highest BCUT2D eigenvalue weighted by Gasteiger charge is 2.25. The molecule has 1 fully saturated rings. The van der Waals surface area contributed by atoms with Crippen molar-refractivity contribution in [2.75, 3.05) is 38.7 Å². The first-order valence-electron chi connectivity index (χ1n) is 4.87. The van der Waals surface area contributed by atoms with Gasteiger partial charge < -0.3 is 10.0 Å². The van der Waals surface area contributed by atoms with Crippen LogP contribution in [-0.2, 0) is 4.79 Å². The van der Waals surface area contributed by atoms with Crippen molar-refractivity contribution in [1.29, 1.82) is 0 Å². The molecule has 1 N–H and O–H groups in total. The van der Waals surface area contributed by atoms with Crippen LogP contribution in [0.2, 0.25) is 0 Å². The van der Waals surface area contributed by atoms with Crippen LogP contribution in [0.3, 0.4) is 0 Å². The van der Waals surface area contributed by atoms with Crippen LogP contribution < -0.4 is 0 Å². The van der Waals surface area contributed by atoms with E-state index < -0.39 is 0 Å². The molecule has 1 amide bonds. The molecule has 0 aliphatic carbocycles. The van der Waals surface area contributed by atoms with Crippen molar-refractivity contribution in [2.45, 2.75) is 13.0 Å². The molecule has 1 unspecified atom stereocenters. The fourth-order valence-electron chi connectivity index (χ4n) is 1.77. The van der Waals surface area contributed by atoms with Crippen LogP contribution in [-0.4, -0.2) is 65.5 Å². The number of aliphatic hydroxyl groups is 1. The van der Waals surface area contributed by atoms with E-state index in [0.717, 1.165) is 13.1 Å². The lowest BCUT2D eigenvalue weighted by Crippen LogP contribution is -2.54. The first-order valence-corrected chi connectivity index (χ1v) is 5.41. The van der Waals surface area contributed by atoms with E-state index >= 15 is 0 Å². The number of alkyl halides is 1. The Morgan fingerprint density at radius 2 is 2.29 bits per heavy atom. The predicted octanol–water partition coefficient (Wildman–Crippen LogP) is -0.250. The predicted molar refractivity (Wildman–Crippen MR) is 55.4 cm³/mol. The van der Waals surface area contributed by atoms with E-state index in [1.165, 1.54) is 0 Å². The summed E-state index contributed by atoms with van der Waals surface area (Å²) in [6.07, 6.45) is 0. The third-order valence-corrected chi connectivity index (χ3v) is 2.85. The van der Waals surface area contributed by atoms with Gasteiger partial charge in [-0.3, -0.25) is 9.69 Å². The minimum atomic E-state index is 0.00200. The molecule has 4 nitrogen and oxygen atoms in total. The molecule has 0 spiro atoms. The molecule has 0 saturated carbocycles. The minimum absolute atomic E-state index is 0.00200. The van der Waals surface area contributed by atoms with Gasteiger partial charge in [0.2, 0.25) is 5.91 Å². The summed E-state index contributed by atoms with van der Waals surface area (Å²) in [6, 6.07) is 0.308. The zero-order chi connectivity index (χ0) is 10.6. The van der Waals surface area contributed by atoms with Gasteiger partial charge in [-0.15, -0.1) is 11.6 Å². The molecule has 0 aromatic rings. The van der Waals surface area contributed by atoms with Crippen molar-refractivity contribution in [2.24, 2.45) is 0 Å². The van der Waals surface area contributed by atoms with E-state index in [9.17, 15) is 4.79 Å². The number of piperazine rings is 1. The van der Waals surface area contributed by atoms with E-state index in [4.69, 9.17) is 16.7 Å². The highest BCUT2D eigenvalue weighted by atomic mass is 35.5. The average Bonchev–Trinajstić information content (AvgIpc) is 2.20. The number of β-amino-alcohol motifs (C(OH)–C–C–N with tert-alkyl or cyclic N) is 1. The summed E-state index contributed by atoms with van der Waals surface area (Å²) >= 11 is 5.49. The zero-order valence-corrected chi connectivity index (χ0v) is 9.20. The quantitative estimate of drug-likeness (QED) is 0.668. The van der Waals surface area contributed by atoms with Crippen LogP contribution in [0.5, 0.6) is 0 Å². The van der Waals surface area contributed by atoms with E-state index in [1.807, 2.05) is 0 Å². The van der Waals surface area contributed by atoms with E-state index in [0.29, 0.717) is 19.1 Å². The van der Waals surface area contributed by atoms with Crippen LogP contribution in [0.1, 0.15) is 6.92 Å². The van der Waals surface area contributed by atoms with Crippen molar-refractivity contribution in [3.05, 3.63) is 0 Å². The maximum absolute atomic E-state index is 11.3. The van der Waals surface area contributed by atoms with Gasteiger partial charge in [-0.1, -0.05) is 0 Å². The maximum atomic E-state index is 11.3. The van der Waals surface area contributed by atoms with Gasteiger partial charge in [0.25, 0.3) is 0 Å². The lowest BCUT2D eigenvalue weighted by atomic mass is 10.2. The fraction of sp³-hybridized carbons (Fsp3) is 0.889. The molecule has 1 aliphatic rings. The van der Waals surface area contributed by atoms with Gasteiger partial charge in [-0.25, -0.2) is 0 Å². The van der Waals surface area contributed by atoms with Gasteiger partial charge in [0.15, 0.2) is 0 Å². The Labute approximate surface area is 89.4 Å². The van der Waals surface area contributed by atoms with Crippen LogP contribution in [0.15, 0.2) is 0 Å². The maximum Gasteiger partial charge on any atom is 0.237 e. The van der Waals surface area contributed by atoms with Crippen molar-refractivity contribution in [3.8, 4) is 0 Å². The number of rotatable bonds is 3. The molecule has 14 heavy (non-hydrogen) atoms. The van der Waals surface area contributed by atoms with E-state index in [1.54, 1.807) is 4.90 Å². The van der Waals surface area contributed by atoms with Crippen molar-refractivity contribution in [1.82, 2.24) is 9.80 Å². The van der Waals surface area contributed by atoms with Crippen LogP contribution in [0.25, 0.3) is 0 Å². The summed E-state index contributed by atoms with van der Waals surface area (Å²) in [4.78, 5) is 15.3. The molecule has 1 heterocycles. The van der Waals surface area contributed by atoms with Crippen LogP contribution in [0.4, 0.5) is 0 Å². The Kier molecular flexibility index (Phi) is 4.65. The molecular weight excluding hydrogens is 204 g/mol. The van der Waals surface area contributed by atoms with Gasteiger partial charge in [0.1, 0.15) is 5.88 Å². The second-order valence-electron chi connectivity index (χ2n) is 3.58. The zero-order valence-electron chi connectivity index (χ0n) is 8.45. The molecular formula is C9H17ClN2O2. The first kappa shape index (κ1) is 11.8. The largest absolute Gasteiger partial charge is 0.395 e. The number of halogens is 1. The van der Waals surface area contributed by atoms with Crippen molar-refractivity contribution >= 4 is 17.5 Å². The van der Waals surface area contributed by atoms with Gasteiger partial charge >= 0.3 is 0 Å². The molecule has 0 radical (unpaired) electrons. The SMILES string of the molecule is CC1CN(C(=O)CCl)CCN1CCO. The second kappa shape index (κ2) is 5.53. The Morgan fingerprint density at radius 3 is 2.79 bits per heavy atom. The van der Waals surface area contributed by atoms with Gasteiger partial charge in [-0.05, 0) is 6.92 Å². The molecule has 1 atom stereocenters. The summed E-state index contributed by atoms with van der Waals surface area (Å²) in [5, 5.41) is 8.81. The Hall–Kier alpha value is -0.320. The summed E-state index contributed by atoms with van der Waals surface area (Å²) in [7, 11) is 0. The smallest absolute Gasteiger partial charge is 0.237 e. The molecule has 1 aliphatic heterocycles. The van der Waals surface area contributed by atoms with Gasteiger partial charge in [0.05, 0.1) is 6.61 Å². The number of carbonyl (C=O) groups is 1. The van der Waals surface area contributed by atoms with Gasteiger partial charge in [0, 0.05) is 32.2 Å². The minimum Gasteiger partial charge on any atom is -0.395 e. The van der Waals surface area contributed by atoms with Crippen molar-refractivity contribution in [3.63, 3.8) is 0 Å². The third kappa shape index (κ3) is 2.83. The topological polar surface area (TPSA) is 43.8 Å². The Bertz CT molecular complexity index is 201. The lowest BCUT2D eigenvalue weighted by molar-refractivity contribution is -0.131. The highest BCUT2D eigenvalue weighted by Crippen LogP contribution is 2.09. The molecule has 1 rings (SSSR count). The number of aliphatic hydroxyl groups excluding tert-OH is 1. The Balaban J connectivity index is 2.42. The van der Waals surface area contributed by atoms with Crippen molar-refractivity contribution < 1.29 is 9.90 Å². The monoisotopic (exact) mass is 220 g/mol. The third-order valence-electron chi connectivity index (χ3n) is 2.62. The van der Waals surface area contributed by atoms with E-state index in [2.05, 4.69) is 11.8 Å². The second-order valence-corrected chi connectivity index (χ2v) is 3.85. The lowest BCUT2D eigenvalue weighted by Gasteiger charge is -2.39. The molecule has 5 heteroatoms. The number of nitrogens with zero attached hydrogens (tertiary/aromatic N) is 2. The standard InChI is InChI=1S/C9H17ClN2O2/c1-8-7-12(9(14)6-10)3-2-11(8)4-5-13/h8,13H,2-7H2,1H3. The van der Waals surface area contributed by atoms with Gasteiger partial charge in [-0.2, -0.15) is 0 Å². The van der Waals surface area contributed by atoms with E-state index in [-0.39, 0.29) is 18.4 Å². The molecule has 0 bridgehead atoms. The number of hydrogen-bond acceptors (Lipinski definition) is 3. The summed E-state index contributed by atoms with van der Waals surface area (Å²) in [6.45, 7) is 5.17. The highest BCUT2D eigenvalue weighted by molar-refractivity contribution is 6.27. The Morgan fingerprint density at radius 1 is 1.57 bits per heavy atom.